The van der Waals surface area contributed by atoms with E-state index in [4.69, 9.17) is 4.74 Å². The maximum atomic E-state index is 12.8. The van der Waals surface area contributed by atoms with Crippen LogP contribution in [0.1, 0.15) is 26.2 Å². The number of piperidine rings is 1. The Morgan fingerprint density at radius 1 is 1.36 bits per heavy atom. The molecule has 140 valence electrons. The molecule has 6 nitrogen and oxygen atoms in total. The van der Waals surface area contributed by atoms with E-state index in [9.17, 15) is 13.2 Å². The minimum Gasteiger partial charge on any atom is -0.382 e. The van der Waals surface area contributed by atoms with Crippen molar-refractivity contribution in [1.82, 2.24) is 9.62 Å². The fourth-order valence-electron chi connectivity index (χ4n) is 2.80. The highest BCUT2D eigenvalue weighted by atomic mass is 79.9. The Bertz CT molecular complexity index is 664. The molecule has 1 saturated heterocycles. The van der Waals surface area contributed by atoms with Gasteiger partial charge in [0.2, 0.25) is 15.9 Å². The average molecular weight is 433 g/mol. The van der Waals surface area contributed by atoms with E-state index in [1.54, 1.807) is 24.3 Å². The highest BCUT2D eigenvalue weighted by Crippen LogP contribution is 2.24. The molecule has 1 amide bonds. The SMILES string of the molecule is CCOCCCNC(=O)C1CCCN(S(=O)(=O)c2ccc(Br)cc2)C1. The van der Waals surface area contributed by atoms with E-state index in [-0.39, 0.29) is 23.3 Å². The van der Waals surface area contributed by atoms with E-state index in [0.717, 1.165) is 10.9 Å². The standard InChI is InChI=1S/C17H25BrN2O4S/c1-2-24-12-4-10-19-17(21)14-5-3-11-20(13-14)25(22,23)16-8-6-15(18)7-9-16/h6-9,14H,2-5,10-13H2,1H3,(H,19,21). The number of benzene rings is 1. The summed E-state index contributed by atoms with van der Waals surface area (Å²) in [5.41, 5.74) is 0. The topological polar surface area (TPSA) is 75.7 Å². The van der Waals surface area contributed by atoms with Crippen molar-refractivity contribution < 1.29 is 17.9 Å². The molecule has 1 heterocycles. The zero-order chi connectivity index (χ0) is 18.3. The molecule has 0 radical (unpaired) electrons. The molecule has 1 atom stereocenters. The number of carbonyl (C=O) groups is 1. The molecule has 1 fully saturated rings. The first-order valence-corrected chi connectivity index (χ1v) is 10.8. The number of rotatable bonds is 8. The molecular formula is C17H25BrN2O4S. The summed E-state index contributed by atoms with van der Waals surface area (Å²) in [6, 6.07) is 6.58. The summed E-state index contributed by atoms with van der Waals surface area (Å²) < 4.78 is 33.0. The molecule has 25 heavy (non-hydrogen) atoms. The Labute approximate surface area is 158 Å². The summed E-state index contributed by atoms with van der Waals surface area (Å²) in [4.78, 5) is 12.6. The summed E-state index contributed by atoms with van der Waals surface area (Å²) in [6.45, 7) is 4.45. The van der Waals surface area contributed by atoms with Gasteiger partial charge in [-0.15, -0.1) is 0 Å². The van der Waals surface area contributed by atoms with Crippen molar-refractivity contribution >= 4 is 31.9 Å². The van der Waals surface area contributed by atoms with Gasteiger partial charge in [-0.2, -0.15) is 4.31 Å². The van der Waals surface area contributed by atoms with Gasteiger partial charge in [-0.3, -0.25) is 4.79 Å². The quantitative estimate of drug-likeness (QED) is 0.639. The van der Waals surface area contributed by atoms with Crippen molar-refractivity contribution in [2.45, 2.75) is 31.1 Å². The van der Waals surface area contributed by atoms with Crippen molar-refractivity contribution in [3.63, 3.8) is 0 Å². The van der Waals surface area contributed by atoms with Crippen molar-refractivity contribution in [2.24, 2.45) is 5.92 Å². The number of nitrogens with zero attached hydrogens (tertiary/aromatic N) is 1. The number of carbonyl (C=O) groups excluding carboxylic acids is 1. The highest BCUT2D eigenvalue weighted by Gasteiger charge is 2.33. The van der Waals surface area contributed by atoms with Crippen LogP contribution < -0.4 is 5.32 Å². The normalized spacial score (nSPS) is 18.9. The Morgan fingerprint density at radius 3 is 2.76 bits per heavy atom. The summed E-state index contributed by atoms with van der Waals surface area (Å²) in [6.07, 6.45) is 2.16. The second-order valence-corrected chi connectivity index (χ2v) is 8.85. The molecule has 1 unspecified atom stereocenters. The molecule has 1 N–H and O–H groups in total. The third-order valence-electron chi connectivity index (χ3n) is 4.18. The van der Waals surface area contributed by atoms with Crippen molar-refractivity contribution in [3.8, 4) is 0 Å². The predicted molar refractivity (Wildman–Crippen MR) is 99.7 cm³/mol. The lowest BCUT2D eigenvalue weighted by Gasteiger charge is -2.31. The minimum absolute atomic E-state index is 0.0767. The summed E-state index contributed by atoms with van der Waals surface area (Å²) >= 11 is 3.31. The van der Waals surface area contributed by atoms with Crippen LogP contribution in [0.15, 0.2) is 33.6 Å². The molecule has 0 spiro atoms. The number of amides is 1. The Hall–Kier alpha value is -0.960. The van der Waals surface area contributed by atoms with Crippen LogP contribution >= 0.6 is 15.9 Å². The summed E-state index contributed by atoms with van der Waals surface area (Å²) in [5, 5.41) is 2.88. The van der Waals surface area contributed by atoms with E-state index in [0.29, 0.717) is 39.1 Å². The number of ether oxygens (including phenoxy) is 1. The lowest BCUT2D eigenvalue weighted by atomic mass is 9.99. The fraction of sp³-hybridized carbons (Fsp3) is 0.588. The van der Waals surface area contributed by atoms with Crippen LogP contribution in [0, 0.1) is 5.92 Å². The molecule has 2 rings (SSSR count). The van der Waals surface area contributed by atoms with Gasteiger partial charge >= 0.3 is 0 Å². The van der Waals surface area contributed by atoms with Crippen LogP contribution in [0.4, 0.5) is 0 Å². The van der Waals surface area contributed by atoms with Gasteiger partial charge in [0.05, 0.1) is 10.8 Å². The molecule has 8 heteroatoms. The highest BCUT2D eigenvalue weighted by molar-refractivity contribution is 9.10. The molecule has 0 aromatic heterocycles. The number of halogens is 1. The van der Waals surface area contributed by atoms with Crippen LogP contribution in [-0.2, 0) is 19.6 Å². The smallest absolute Gasteiger partial charge is 0.243 e. The van der Waals surface area contributed by atoms with Gasteiger partial charge in [0, 0.05) is 37.3 Å². The fourth-order valence-corrected chi connectivity index (χ4v) is 4.59. The first kappa shape index (κ1) is 20.4. The number of nitrogens with one attached hydrogen (secondary N) is 1. The molecular weight excluding hydrogens is 408 g/mol. The second kappa shape index (κ2) is 9.66. The van der Waals surface area contributed by atoms with E-state index in [1.165, 1.54) is 4.31 Å². The lowest BCUT2D eigenvalue weighted by molar-refractivity contribution is -0.126. The monoisotopic (exact) mass is 432 g/mol. The zero-order valence-electron chi connectivity index (χ0n) is 14.4. The Morgan fingerprint density at radius 2 is 2.08 bits per heavy atom. The third kappa shape index (κ3) is 5.77. The van der Waals surface area contributed by atoms with Gasteiger partial charge in [-0.25, -0.2) is 8.42 Å². The average Bonchev–Trinajstić information content (AvgIpc) is 2.62. The lowest BCUT2D eigenvalue weighted by Crippen LogP contribution is -2.45. The van der Waals surface area contributed by atoms with E-state index in [2.05, 4.69) is 21.2 Å². The van der Waals surface area contributed by atoms with Crippen LogP contribution in [0.3, 0.4) is 0 Å². The third-order valence-corrected chi connectivity index (χ3v) is 6.58. The van der Waals surface area contributed by atoms with Crippen LogP contribution in [0.25, 0.3) is 0 Å². The van der Waals surface area contributed by atoms with E-state index >= 15 is 0 Å². The molecule has 1 aromatic carbocycles. The second-order valence-electron chi connectivity index (χ2n) is 6.00. The van der Waals surface area contributed by atoms with Crippen LogP contribution in [0.5, 0.6) is 0 Å². The summed E-state index contributed by atoms with van der Waals surface area (Å²) in [7, 11) is -3.57. The first-order valence-electron chi connectivity index (χ1n) is 8.56. The molecule has 1 aromatic rings. The van der Waals surface area contributed by atoms with Crippen molar-refractivity contribution in [2.75, 3.05) is 32.8 Å². The predicted octanol–water partition coefficient (Wildman–Crippen LogP) is 2.39. The molecule has 0 saturated carbocycles. The molecule has 1 aliphatic rings. The number of hydrogen-bond donors (Lipinski definition) is 1. The van der Waals surface area contributed by atoms with E-state index < -0.39 is 10.0 Å². The molecule has 0 aliphatic carbocycles. The largest absolute Gasteiger partial charge is 0.382 e. The van der Waals surface area contributed by atoms with E-state index in [1.807, 2.05) is 6.92 Å². The van der Waals surface area contributed by atoms with Gasteiger partial charge in [0.15, 0.2) is 0 Å². The van der Waals surface area contributed by atoms with Crippen LogP contribution in [0.2, 0.25) is 0 Å². The van der Waals surface area contributed by atoms with Crippen molar-refractivity contribution in [1.29, 1.82) is 0 Å². The van der Waals surface area contributed by atoms with Gasteiger partial charge < -0.3 is 10.1 Å². The molecule has 0 bridgehead atoms. The van der Waals surface area contributed by atoms with Gasteiger partial charge in [-0.1, -0.05) is 15.9 Å². The summed E-state index contributed by atoms with van der Waals surface area (Å²) in [5.74, 6) is -0.377. The molecule has 1 aliphatic heterocycles. The first-order chi connectivity index (χ1) is 11.9. The van der Waals surface area contributed by atoms with Crippen LogP contribution in [-0.4, -0.2) is 51.5 Å². The Kier molecular flexibility index (Phi) is 7.86. The number of hydrogen-bond acceptors (Lipinski definition) is 4. The van der Waals surface area contributed by atoms with Gasteiger partial charge in [-0.05, 0) is 50.5 Å². The maximum Gasteiger partial charge on any atom is 0.243 e. The van der Waals surface area contributed by atoms with Gasteiger partial charge in [0.1, 0.15) is 0 Å². The minimum atomic E-state index is -3.57. The number of sulfonamides is 1. The van der Waals surface area contributed by atoms with Crippen molar-refractivity contribution in [3.05, 3.63) is 28.7 Å². The van der Waals surface area contributed by atoms with Gasteiger partial charge in [0.25, 0.3) is 0 Å². The zero-order valence-corrected chi connectivity index (χ0v) is 16.8. The maximum absolute atomic E-state index is 12.8. The Balaban J connectivity index is 1.93.